The summed E-state index contributed by atoms with van der Waals surface area (Å²) in [6.07, 6.45) is 1.06. The quantitative estimate of drug-likeness (QED) is 0.790. The summed E-state index contributed by atoms with van der Waals surface area (Å²) in [5, 5.41) is 2.87. The number of nitrogens with one attached hydrogen (secondary N) is 1. The van der Waals surface area contributed by atoms with Crippen LogP contribution in [0.2, 0.25) is 0 Å². The minimum atomic E-state index is -0.207. The van der Waals surface area contributed by atoms with Gasteiger partial charge < -0.3 is 15.0 Å². The van der Waals surface area contributed by atoms with Gasteiger partial charge >= 0.3 is 0 Å². The SMILES string of the molecule is CCc1ccccc1NC(=O)CN(C)C(=O)CCOc1ccccc1C. The summed E-state index contributed by atoms with van der Waals surface area (Å²) in [5.74, 6) is 0.441. The van der Waals surface area contributed by atoms with Gasteiger partial charge in [0.2, 0.25) is 11.8 Å². The fourth-order valence-electron chi connectivity index (χ4n) is 2.60. The summed E-state index contributed by atoms with van der Waals surface area (Å²) in [6, 6.07) is 15.3. The van der Waals surface area contributed by atoms with Crippen LogP contribution in [0.15, 0.2) is 48.5 Å². The molecule has 1 N–H and O–H groups in total. The van der Waals surface area contributed by atoms with Crippen molar-refractivity contribution in [3.05, 3.63) is 59.7 Å². The Morgan fingerprint density at radius 2 is 1.77 bits per heavy atom. The Morgan fingerprint density at radius 3 is 2.50 bits per heavy atom. The van der Waals surface area contributed by atoms with Crippen LogP contribution in [-0.4, -0.2) is 36.9 Å². The molecular formula is C21H26N2O3. The maximum atomic E-state index is 12.2. The molecule has 5 nitrogen and oxygen atoms in total. The van der Waals surface area contributed by atoms with Crippen LogP contribution in [0, 0.1) is 6.92 Å². The highest BCUT2D eigenvalue weighted by Gasteiger charge is 2.14. The number of aryl methyl sites for hydroxylation is 2. The zero-order valence-electron chi connectivity index (χ0n) is 15.6. The number of nitrogens with zero attached hydrogens (tertiary/aromatic N) is 1. The zero-order chi connectivity index (χ0) is 18.9. The van der Waals surface area contributed by atoms with Crippen molar-refractivity contribution < 1.29 is 14.3 Å². The van der Waals surface area contributed by atoms with E-state index in [1.54, 1.807) is 7.05 Å². The second kappa shape index (κ2) is 9.61. The smallest absolute Gasteiger partial charge is 0.243 e. The summed E-state index contributed by atoms with van der Waals surface area (Å²) in [4.78, 5) is 25.8. The van der Waals surface area contributed by atoms with E-state index in [0.29, 0.717) is 0 Å². The first-order chi connectivity index (χ1) is 12.5. The maximum Gasteiger partial charge on any atom is 0.243 e. The van der Waals surface area contributed by atoms with Gasteiger partial charge in [-0.25, -0.2) is 0 Å². The molecule has 138 valence electrons. The molecule has 0 heterocycles. The van der Waals surface area contributed by atoms with Gasteiger partial charge in [0.05, 0.1) is 19.6 Å². The number of carbonyl (C=O) groups excluding carboxylic acids is 2. The van der Waals surface area contributed by atoms with E-state index in [4.69, 9.17) is 4.74 Å². The molecule has 26 heavy (non-hydrogen) atoms. The van der Waals surface area contributed by atoms with Crippen molar-refractivity contribution in [1.29, 1.82) is 0 Å². The Morgan fingerprint density at radius 1 is 1.08 bits per heavy atom. The molecule has 0 fully saturated rings. The summed E-state index contributed by atoms with van der Waals surface area (Å²) < 4.78 is 5.64. The van der Waals surface area contributed by atoms with Crippen LogP contribution >= 0.6 is 0 Å². The molecule has 0 bridgehead atoms. The third-order valence-corrected chi connectivity index (χ3v) is 4.15. The Bertz CT molecular complexity index is 758. The first kappa shape index (κ1) is 19.5. The van der Waals surface area contributed by atoms with Crippen LogP contribution in [0.25, 0.3) is 0 Å². The number of likely N-dealkylation sites (N-methyl/N-ethyl adjacent to an activating group) is 1. The molecule has 0 radical (unpaired) electrons. The number of hydrogen-bond acceptors (Lipinski definition) is 3. The van der Waals surface area contributed by atoms with Gasteiger partial charge in [-0.2, -0.15) is 0 Å². The second-order valence-electron chi connectivity index (χ2n) is 6.17. The minimum absolute atomic E-state index is 0.0151. The molecule has 0 aliphatic carbocycles. The van der Waals surface area contributed by atoms with Gasteiger partial charge in [0.1, 0.15) is 5.75 Å². The largest absolute Gasteiger partial charge is 0.493 e. The number of rotatable bonds is 8. The summed E-state index contributed by atoms with van der Waals surface area (Å²) >= 11 is 0. The third-order valence-electron chi connectivity index (χ3n) is 4.15. The topological polar surface area (TPSA) is 58.6 Å². The lowest BCUT2D eigenvalue weighted by atomic mass is 10.1. The Hall–Kier alpha value is -2.82. The van der Waals surface area contributed by atoms with Crippen molar-refractivity contribution in [2.24, 2.45) is 0 Å². The molecule has 0 aliphatic heterocycles. The highest BCUT2D eigenvalue weighted by Crippen LogP contribution is 2.17. The summed E-state index contributed by atoms with van der Waals surface area (Å²) in [7, 11) is 1.63. The molecule has 2 aromatic rings. The monoisotopic (exact) mass is 354 g/mol. The van der Waals surface area contributed by atoms with Crippen LogP contribution in [-0.2, 0) is 16.0 Å². The Kier molecular flexibility index (Phi) is 7.21. The van der Waals surface area contributed by atoms with E-state index < -0.39 is 0 Å². The first-order valence-corrected chi connectivity index (χ1v) is 8.81. The molecule has 0 aliphatic rings. The average molecular weight is 354 g/mol. The van der Waals surface area contributed by atoms with Crippen LogP contribution in [0.4, 0.5) is 5.69 Å². The van der Waals surface area contributed by atoms with Gasteiger partial charge in [0.25, 0.3) is 0 Å². The molecule has 0 saturated carbocycles. The van der Waals surface area contributed by atoms with E-state index in [9.17, 15) is 9.59 Å². The number of hydrogen-bond donors (Lipinski definition) is 1. The third kappa shape index (κ3) is 5.62. The van der Waals surface area contributed by atoms with Crippen LogP contribution in [0.5, 0.6) is 5.75 Å². The van der Waals surface area contributed by atoms with Crippen LogP contribution in [0.1, 0.15) is 24.5 Å². The minimum Gasteiger partial charge on any atom is -0.493 e. The molecule has 2 aromatic carbocycles. The molecule has 0 saturated heterocycles. The second-order valence-corrected chi connectivity index (χ2v) is 6.17. The number of para-hydroxylation sites is 2. The lowest BCUT2D eigenvalue weighted by Crippen LogP contribution is -2.35. The Balaban J connectivity index is 1.79. The highest BCUT2D eigenvalue weighted by molar-refractivity contribution is 5.95. The molecule has 0 spiro atoms. The van der Waals surface area contributed by atoms with E-state index in [1.807, 2.05) is 62.4 Å². The number of amides is 2. The van der Waals surface area contributed by atoms with E-state index in [1.165, 1.54) is 4.90 Å². The lowest BCUT2D eigenvalue weighted by Gasteiger charge is -2.18. The van der Waals surface area contributed by atoms with Crippen molar-refractivity contribution in [3.8, 4) is 5.75 Å². The molecule has 0 atom stereocenters. The van der Waals surface area contributed by atoms with E-state index in [2.05, 4.69) is 5.32 Å². The molecular weight excluding hydrogens is 328 g/mol. The summed E-state index contributed by atoms with van der Waals surface area (Å²) in [5.41, 5.74) is 2.90. The van der Waals surface area contributed by atoms with Crippen molar-refractivity contribution in [2.45, 2.75) is 26.7 Å². The molecule has 2 rings (SSSR count). The maximum absolute atomic E-state index is 12.2. The summed E-state index contributed by atoms with van der Waals surface area (Å²) in [6.45, 7) is 4.30. The number of carbonyl (C=O) groups is 2. The molecule has 0 aromatic heterocycles. The van der Waals surface area contributed by atoms with E-state index >= 15 is 0 Å². The molecule has 0 unspecified atom stereocenters. The van der Waals surface area contributed by atoms with Crippen LogP contribution in [0.3, 0.4) is 0 Å². The number of anilines is 1. The van der Waals surface area contributed by atoms with Gasteiger partial charge in [-0.05, 0) is 36.6 Å². The van der Waals surface area contributed by atoms with E-state index in [0.717, 1.165) is 29.0 Å². The molecule has 2 amide bonds. The predicted molar refractivity (Wildman–Crippen MR) is 103 cm³/mol. The lowest BCUT2D eigenvalue weighted by molar-refractivity contribution is -0.133. The van der Waals surface area contributed by atoms with Crippen molar-refractivity contribution in [3.63, 3.8) is 0 Å². The fourth-order valence-corrected chi connectivity index (χ4v) is 2.60. The van der Waals surface area contributed by atoms with E-state index in [-0.39, 0.29) is 31.4 Å². The Labute approximate surface area is 155 Å². The van der Waals surface area contributed by atoms with Crippen molar-refractivity contribution in [1.82, 2.24) is 4.90 Å². The van der Waals surface area contributed by atoms with Gasteiger partial charge in [-0.1, -0.05) is 43.3 Å². The fraction of sp³-hybridized carbons (Fsp3) is 0.333. The number of benzene rings is 2. The van der Waals surface area contributed by atoms with Crippen molar-refractivity contribution in [2.75, 3.05) is 25.5 Å². The first-order valence-electron chi connectivity index (χ1n) is 8.81. The van der Waals surface area contributed by atoms with Crippen LogP contribution < -0.4 is 10.1 Å². The standard InChI is InChI=1S/C21H26N2O3/c1-4-17-10-6-7-11-18(17)22-20(24)15-23(3)21(25)13-14-26-19-12-8-5-9-16(19)2/h5-12H,4,13-15H2,1-3H3,(H,22,24). The van der Waals surface area contributed by atoms with Crippen molar-refractivity contribution >= 4 is 17.5 Å². The zero-order valence-corrected chi connectivity index (χ0v) is 15.6. The number of ether oxygens (including phenoxy) is 1. The van der Waals surface area contributed by atoms with Gasteiger partial charge in [0, 0.05) is 12.7 Å². The van der Waals surface area contributed by atoms with Gasteiger partial charge in [0.15, 0.2) is 0 Å². The highest BCUT2D eigenvalue weighted by atomic mass is 16.5. The normalized spacial score (nSPS) is 10.3. The molecule has 5 heteroatoms. The predicted octanol–water partition coefficient (Wildman–Crippen LogP) is 3.42. The van der Waals surface area contributed by atoms with Gasteiger partial charge in [-0.15, -0.1) is 0 Å². The van der Waals surface area contributed by atoms with Gasteiger partial charge in [-0.3, -0.25) is 9.59 Å². The average Bonchev–Trinajstić information content (AvgIpc) is 2.63.